The van der Waals surface area contributed by atoms with Gasteiger partial charge < -0.3 is 10.2 Å². The zero-order valence-electron chi connectivity index (χ0n) is 20.3. The van der Waals surface area contributed by atoms with Crippen molar-refractivity contribution in [3.8, 4) is 0 Å². The lowest BCUT2D eigenvalue weighted by molar-refractivity contribution is -0.116. The summed E-state index contributed by atoms with van der Waals surface area (Å²) in [7, 11) is 0. The quantitative estimate of drug-likeness (QED) is 0.576. The van der Waals surface area contributed by atoms with Gasteiger partial charge in [-0.2, -0.15) is 0 Å². The average Bonchev–Trinajstić information content (AvgIpc) is 2.86. The van der Waals surface area contributed by atoms with Gasteiger partial charge in [-0.3, -0.25) is 24.5 Å². The van der Waals surface area contributed by atoms with Crippen LogP contribution in [0.5, 0.6) is 0 Å². The Morgan fingerprint density at radius 1 is 0.914 bits per heavy atom. The summed E-state index contributed by atoms with van der Waals surface area (Å²) in [5.41, 5.74) is 4.27. The molecule has 1 aliphatic rings. The Morgan fingerprint density at radius 3 is 2.43 bits per heavy atom. The van der Waals surface area contributed by atoms with Crippen LogP contribution in [0.25, 0.3) is 0 Å². The van der Waals surface area contributed by atoms with E-state index >= 15 is 0 Å². The number of carbonyl (C=O) groups excluding carboxylic acids is 2. The van der Waals surface area contributed by atoms with Crippen LogP contribution in [0.2, 0.25) is 0 Å². The van der Waals surface area contributed by atoms with Crippen LogP contribution in [0, 0.1) is 0 Å². The molecule has 0 aliphatic carbocycles. The molecule has 0 spiro atoms. The number of anilines is 2. The highest BCUT2D eigenvalue weighted by atomic mass is 16.2. The highest BCUT2D eigenvalue weighted by Gasteiger charge is 2.20. The van der Waals surface area contributed by atoms with E-state index in [0.29, 0.717) is 24.3 Å². The number of fused-ring (bicyclic) bond motifs is 1. The molecule has 35 heavy (non-hydrogen) atoms. The monoisotopic (exact) mass is 471 g/mol. The summed E-state index contributed by atoms with van der Waals surface area (Å²) in [6.45, 7) is 4.66. The Hall–Kier alpha value is -3.58. The number of rotatable bonds is 4. The van der Waals surface area contributed by atoms with Crippen molar-refractivity contribution < 1.29 is 9.59 Å². The van der Waals surface area contributed by atoms with E-state index in [4.69, 9.17) is 0 Å². The molecule has 1 aliphatic heterocycles. The molecule has 0 saturated carbocycles. The Kier molecular flexibility index (Phi) is 8.57. The molecular weight excluding hydrogens is 438 g/mol. The lowest BCUT2D eigenvalue weighted by atomic mass is 10.0. The molecule has 7 heteroatoms. The highest BCUT2D eigenvalue weighted by Crippen LogP contribution is 2.27. The van der Waals surface area contributed by atoms with Crippen LogP contribution >= 0.6 is 0 Å². The van der Waals surface area contributed by atoms with Gasteiger partial charge in [0.25, 0.3) is 5.91 Å². The summed E-state index contributed by atoms with van der Waals surface area (Å²) in [6.07, 6.45) is 12.5. The minimum atomic E-state index is -0.182. The number of aromatic nitrogens is 2. The average molecular weight is 472 g/mol. The van der Waals surface area contributed by atoms with Crippen LogP contribution < -0.4 is 10.2 Å². The lowest BCUT2D eigenvalue weighted by Crippen LogP contribution is -2.32. The number of nitrogens with one attached hydrogen (secondary N) is 1. The molecule has 7 nitrogen and oxygen atoms in total. The maximum Gasteiger partial charge on any atom is 0.255 e. The van der Waals surface area contributed by atoms with E-state index in [9.17, 15) is 9.59 Å². The van der Waals surface area contributed by atoms with Crippen LogP contribution in [0.1, 0.15) is 60.5 Å². The first kappa shape index (κ1) is 24.5. The van der Waals surface area contributed by atoms with Crippen LogP contribution in [0.3, 0.4) is 0 Å². The predicted molar refractivity (Wildman–Crippen MR) is 138 cm³/mol. The third-order valence-electron chi connectivity index (χ3n) is 6.33. The predicted octanol–water partition coefficient (Wildman–Crippen LogP) is 5.05. The van der Waals surface area contributed by atoms with Crippen molar-refractivity contribution in [1.29, 1.82) is 0 Å². The molecule has 0 fully saturated rings. The number of carbonyl (C=O) groups is 2. The number of amides is 2. The molecule has 3 aromatic rings. The molecule has 2 amide bonds. The van der Waals surface area contributed by atoms with Gasteiger partial charge in [0.15, 0.2) is 0 Å². The molecule has 2 aromatic heterocycles. The van der Waals surface area contributed by atoms with Gasteiger partial charge in [0.1, 0.15) is 0 Å². The summed E-state index contributed by atoms with van der Waals surface area (Å²) in [5.74, 6) is -0.158. The zero-order chi connectivity index (χ0) is 24.5. The van der Waals surface area contributed by atoms with Crippen molar-refractivity contribution in [2.75, 3.05) is 23.3 Å². The Balaban J connectivity index is 1.67. The molecule has 0 unspecified atom stereocenters. The van der Waals surface area contributed by atoms with E-state index < -0.39 is 0 Å². The lowest BCUT2D eigenvalue weighted by Gasteiger charge is -2.29. The van der Waals surface area contributed by atoms with Gasteiger partial charge in [0.05, 0.1) is 0 Å². The minimum absolute atomic E-state index is 0.0242. The largest absolute Gasteiger partial charge is 0.322 e. The van der Waals surface area contributed by atoms with Crippen molar-refractivity contribution >= 4 is 23.2 Å². The van der Waals surface area contributed by atoms with Gasteiger partial charge in [-0.1, -0.05) is 25.3 Å². The number of pyridine rings is 2. The van der Waals surface area contributed by atoms with E-state index in [1.54, 1.807) is 37.6 Å². The van der Waals surface area contributed by atoms with Gasteiger partial charge in [-0.25, -0.2) is 0 Å². The first-order valence-electron chi connectivity index (χ1n) is 12.3. The smallest absolute Gasteiger partial charge is 0.255 e. The van der Waals surface area contributed by atoms with Crippen molar-refractivity contribution in [2.45, 2.75) is 52.1 Å². The summed E-state index contributed by atoms with van der Waals surface area (Å²) < 4.78 is 0. The van der Waals surface area contributed by atoms with E-state index in [2.05, 4.69) is 26.3 Å². The summed E-state index contributed by atoms with van der Waals surface area (Å²) in [4.78, 5) is 38.2. The van der Waals surface area contributed by atoms with Gasteiger partial charge in [-0.15, -0.1) is 0 Å². The van der Waals surface area contributed by atoms with Crippen LogP contribution in [0.15, 0.2) is 67.3 Å². The van der Waals surface area contributed by atoms with Crippen molar-refractivity contribution in [3.63, 3.8) is 0 Å². The fourth-order valence-electron chi connectivity index (χ4n) is 4.54. The Bertz CT molecular complexity index is 1120. The zero-order valence-corrected chi connectivity index (χ0v) is 20.3. The summed E-state index contributed by atoms with van der Waals surface area (Å²) >= 11 is 0. The second kappa shape index (κ2) is 12.2. The van der Waals surface area contributed by atoms with Crippen LogP contribution in [-0.2, 0) is 17.9 Å². The van der Waals surface area contributed by atoms with Crippen molar-refractivity contribution in [1.82, 2.24) is 14.9 Å². The normalized spacial score (nSPS) is 15.4. The first-order chi connectivity index (χ1) is 17.1. The molecule has 3 heterocycles. The van der Waals surface area contributed by atoms with E-state index in [0.717, 1.165) is 49.2 Å². The molecule has 0 saturated heterocycles. The fourth-order valence-corrected chi connectivity index (χ4v) is 4.54. The maximum absolute atomic E-state index is 13.0. The van der Waals surface area contributed by atoms with Crippen molar-refractivity contribution in [3.05, 3.63) is 83.9 Å². The summed E-state index contributed by atoms with van der Waals surface area (Å²) in [6, 6.07) is 13.2. The third-order valence-corrected chi connectivity index (χ3v) is 6.33. The number of hydrogen-bond acceptors (Lipinski definition) is 5. The third kappa shape index (κ3) is 6.96. The van der Waals surface area contributed by atoms with Gasteiger partial charge in [-0.05, 0) is 66.9 Å². The molecule has 182 valence electrons. The molecule has 0 radical (unpaired) electrons. The summed E-state index contributed by atoms with van der Waals surface area (Å²) in [5, 5.41) is 2.94. The second-order valence-electron chi connectivity index (χ2n) is 9.04. The molecule has 1 aromatic carbocycles. The van der Waals surface area contributed by atoms with E-state index in [1.807, 2.05) is 35.4 Å². The first-order valence-corrected chi connectivity index (χ1v) is 12.3. The van der Waals surface area contributed by atoms with E-state index in [1.165, 1.54) is 12.8 Å². The van der Waals surface area contributed by atoms with Gasteiger partial charge >= 0.3 is 0 Å². The number of benzene rings is 1. The number of nitrogens with zero attached hydrogens (tertiary/aromatic N) is 4. The Morgan fingerprint density at radius 2 is 1.69 bits per heavy atom. The van der Waals surface area contributed by atoms with Crippen molar-refractivity contribution in [2.24, 2.45) is 0 Å². The van der Waals surface area contributed by atoms with Crippen LogP contribution in [-0.4, -0.2) is 39.8 Å². The topological polar surface area (TPSA) is 78.4 Å². The molecule has 0 atom stereocenters. The van der Waals surface area contributed by atoms with Crippen LogP contribution in [0.4, 0.5) is 11.4 Å². The Labute approximate surface area is 207 Å². The minimum Gasteiger partial charge on any atom is -0.322 e. The molecular formula is C28H33N5O2. The highest BCUT2D eigenvalue weighted by molar-refractivity contribution is 6.05. The fraction of sp³-hybridized carbons (Fsp3) is 0.357. The van der Waals surface area contributed by atoms with Gasteiger partial charge in [0.2, 0.25) is 5.91 Å². The molecule has 1 N–H and O–H groups in total. The number of hydrogen-bond donors (Lipinski definition) is 1. The maximum atomic E-state index is 13.0. The molecule has 4 rings (SSSR count). The molecule has 0 bridgehead atoms. The van der Waals surface area contributed by atoms with E-state index in [-0.39, 0.29) is 11.8 Å². The van der Waals surface area contributed by atoms with Gasteiger partial charge in [0, 0.05) is 68.3 Å². The standard InChI is InChI=1S/C28H33N5O2/c1-22(34)33-17-6-4-2-3-5-16-32(20-23-8-7-13-30-19-23)21-25-18-24(9-10-27(25)33)28(35)31-26-11-14-29-15-12-26/h7-15,18-19H,2-6,16-17,20-21H2,1H3,(H,29,31,35). The SMILES string of the molecule is CC(=O)N1CCCCCCCN(Cc2cccnc2)Cc2cc(C(=O)Nc3ccncc3)ccc21. The second-order valence-corrected chi connectivity index (χ2v) is 9.04.